The number of nitrogens with zero attached hydrogens (tertiary/aromatic N) is 1. The van der Waals surface area contributed by atoms with Crippen molar-refractivity contribution in [1.29, 1.82) is 0 Å². The second kappa shape index (κ2) is 8.88. The molecule has 3 aliphatic heterocycles. The van der Waals surface area contributed by atoms with Crippen LogP contribution in [0.3, 0.4) is 0 Å². The Morgan fingerprint density at radius 3 is 2.63 bits per heavy atom. The minimum atomic E-state index is -1.43. The van der Waals surface area contributed by atoms with Gasteiger partial charge in [-0.3, -0.25) is 14.5 Å². The zero-order valence-corrected chi connectivity index (χ0v) is 17.8. The Kier molecular flexibility index (Phi) is 6.65. The van der Waals surface area contributed by atoms with Gasteiger partial charge in [0.25, 0.3) is 5.91 Å². The second-order valence-electron chi connectivity index (χ2n) is 6.95. The molecule has 6 N–H and O–H groups in total. The lowest BCUT2D eigenvalue weighted by Crippen LogP contribution is -2.69. The number of amides is 2. The van der Waals surface area contributed by atoms with Crippen LogP contribution in [0, 0.1) is 0 Å². The lowest BCUT2D eigenvalue weighted by atomic mass is 10.0. The molecule has 0 bridgehead atoms. The van der Waals surface area contributed by atoms with E-state index in [1.54, 1.807) is 6.92 Å². The zero-order valence-electron chi connectivity index (χ0n) is 16.2. The molecule has 1 saturated heterocycles. The van der Waals surface area contributed by atoms with Gasteiger partial charge in [-0.15, -0.1) is 23.5 Å². The molecule has 0 aliphatic carbocycles. The Morgan fingerprint density at radius 2 is 2.03 bits per heavy atom. The summed E-state index contributed by atoms with van der Waals surface area (Å²) < 4.78 is 4.99. The number of ether oxygens (including phenoxy) is 1. The summed E-state index contributed by atoms with van der Waals surface area (Å²) in [6.45, 7) is 1.78. The Balaban J connectivity index is 1.80. The summed E-state index contributed by atoms with van der Waals surface area (Å²) in [6.07, 6.45) is 0. The third-order valence-electron chi connectivity index (χ3n) is 4.88. The second-order valence-corrected chi connectivity index (χ2v) is 9.18. The smallest absolute Gasteiger partial charge is 0.352 e. The number of thioether (sulfide) groups is 2. The fraction of sp³-hybridized carbons (Fsp3) is 0.529. The van der Waals surface area contributed by atoms with E-state index in [0.717, 1.165) is 11.8 Å². The van der Waals surface area contributed by atoms with Crippen molar-refractivity contribution in [1.82, 2.24) is 15.5 Å². The molecule has 11 nitrogen and oxygen atoms in total. The number of fused-ring (bicyclic) bond motifs is 1. The minimum absolute atomic E-state index is 0.0842. The lowest BCUT2D eigenvalue weighted by Gasteiger charge is -2.48. The molecule has 13 heteroatoms. The van der Waals surface area contributed by atoms with Crippen molar-refractivity contribution in [3.63, 3.8) is 0 Å². The monoisotopic (exact) mass is 458 g/mol. The van der Waals surface area contributed by atoms with E-state index in [2.05, 4.69) is 10.6 Å². The van der Waals surface area contributed by atoms with E-state index in [9.17, 15) is 29.4 Å². The fourth-order valence-electron chi connectivity index (χ4n) is 3.40. The largest absolute Gasteiger partial charge is 0.480 e. The molecule has 3 rings (SSSR count). The first-order chi connectivity index (χ1) is 14.2. The van der Waals surface area contributed by atoms with Crippen LogP contribution in [0.15, 0.2) is 22.5 Å². The molecule has 2 unspecified atom stereocenters. The summed E-state index contributed by atoms with van der Waals surface area (Å²) in [4.78, 5) is 49.8. The topological polar surface area (TPSA) is 171 Å². The van der Waals surface area contributed by atoms with Crippen molar-refractivity contribution in [3.8, 4) is 0 Å². The highest BCUT2D eigenvalue weighted by atomic mass is 32.2. The van der Waals surface area contributed by atoms with Crippen LogP contribution < -0.4 is 16.4 Å². The molecule has 0 saturated carbocycles. The molecular weight excluding hydrogens is 436 g/mol. The van der Waals surface area contributed by atoms with Gasteiger partial charge in [0.15, 0.2) is 6.04 Å². The summed E-state index contributed by atoms with van der Waals surface area (Å²) in [5.74, 6) is -2.96. The minimum Gasteiger partial charge on any atom is -0.480 e. The zero-order chi connectivity index (χ0) is 22.2. The van der Waals surface area contributed by atoms with Crippen molar-refractivity contribution < 1.29 is 34.1 Å². The van der Waals surface area contributed by atoms with E-state index >= 15 is 0 Å². The predicted octanol–water partition coefficient (Wildman–Crippen LogP) is -1.28. The number of carboxylic acid groups (broad SMARTS) is 2. The van der Waals surface area contributed by atoms with Gasteiger partial charge in [0, 0.05) is 18.6 Å². The summed E-state index contributed by atoms with van der Waals surface area (Å²) in [5, 5.41) is 23.0. The van der Waals surface area contributed by atoms with E-state index in [0.29, 0.717) is 16.9 Å². The number of hydrogen-bond donors (Lipinski definition) is 5. The van der Waals surface area contributed by atoms with Crippen LogP contribution in [0.1, 0.15) is 6.92 Å². The highest BCUT2D eigenvalue weighted by molar-refractivity contribution is 8.00. The number of aliphatic carboxylic acids is 2. The standard InChI is InChI=1S/C17H22N4O7S2/c1-6-4-30-15-8(18)14(23)21(15)11(6)12(22)19-10(17(26)27)13-20-9(16(24)25)7(3-28-2)5-29-13/h8,10,13,15,20H,3-5,18H2,1-2H3,(H,19,22)(H,24,25)(H,26,27)/t8?,10?,13-,15-/m1/s1. The van der Waals surface area contributed by atoms with Crippen molar-refractivity contribution in [2.75, 3.05) is 25.2 Å². The summed E-state index contributed by atoms with van der Waals surface area (Å²) >= 11 is 2.59. The molecule has 0 radical (unpaired) electrons. The van der Waals surface area contributed by atoms with Crippen molar-refractivity contribution in [2.45, 2.75) is 29.8 Å². The normalized spacial score (nSPS) is 27.1. The van der Waals surface area contributed by atoms with E-state index in [4.69, 9.17) is 10.5 Å². The van der Waals surface area contributed by atoms with Crippen molar-refractivity contribution in [3.05, 3.63) is 22.5 Å². The molecule has 0 aromatic heterocycles. The first-order valence-corrected chi connectivity index (χ1v) is 11.0. The van der Waals surface area contributed by atoms with Crippen LogP contribution in [0.2, 0.25) is 0 Å². The van der Waals surface area contributed by atoms with Gasteiger partial charge in [-0.25, -0.2) is 9.59 Å². The van der Waals surface area contributed by atoms with Crippen LogP contribution in [0.5, 0.6) is 0 Å². The fourth-order valence-corrected chi connectivity index (χ4v) is 5.82. The molecule has 4 atom stereocenters. The Morgan fingerprint density at radius 1 is 1.33 bits per heavy atom. The first kappa shape index (κ1) is 22.5. The Labute approximate surface area is 180 Å². The average Bonchev–Trinajstić information content (AvgIpc) is 2.71. The summed E-state index contributed by atoms with van der Waals surface area (Å²) in [7, 11) is 1.43. The number of methoxy groups -OCH3 is 1. The van der Waals surface area contributed by atoms with Crippen LogP contribution in [-0.4, -0.2) is 86.9 Å². The lowest BCUT2D eigenvalue weighted by molar-refractivity contribution is -0.145. The highest BCUT2D eigenvalue weighted by Crippen LogP contribution is 2.39. The average molecular weight is 459 g/mol. The number of hydrogen-bond acceptors (Lipinski definition) is 9. The SMILES string of the molecule is COCC1=C(C(=O)O)N[C@@H](C(NC(=O)C2=C(C)CS[C@@H]3C(N)C(=O)N23)C(=O)O)SC1. The van der Waals surface area contributed by atoms with Gasteiger partial charge in [0.05, 0.1) is 6.61 Å². The maximum Gasteiger partial charge on any atom is 0.352 e. The third-order valence-corrected chi connectivity index (χ3v) is 7.59. The number of rotatable bonds is 7. The summed E-state index contributed by atoms with van der Waals surface area (Å²) in [5.41, 5.74) is 6.86. The molecule has 3 heterocycles. The Bertz CT molecular complexity index is 859. The molecule has 0 spiro atoms. The number of β-lactam (4-membered cyclic amide) rings is 1. The summed E-state index contributed by atoms with van der Waals surface area (Å²) in [6, 6.07) is -2.13. The molecular formula is C17H22N4O7S2. The number of carbonyl (C=O) groups is 4. The molecule has 0 aromatic carbocycles. The van der Waals surface area contributed by atoms with Gasteiger partial charge < -0.3 is 31.3 Å². The van der Waals surface area contributed by atoms with Gasteiger partial charge in [-0.2, -0.15) is 0 Å². The van der Waals surface area contributed by atoms with E-state index in [1.807, 2.05) is 0 Å². The van der Waals surface area contributed by atoms with Crippen LogP contribution in [0.25, 0.3) is 0 Å². The molecule has 3 aliphatic rings. The number of carboxylic acids is 2. The van der Waals surface area contributed by atoms with Crippen LogP contribution in [-0.2, 0) is 23.9 Å². The molecule has 2 amide bonds. The number of nitrogens with two attached hydrogens (primary N) is 1. The van der Waals surface area contributed by atoms with E-state index in [-0.39, 0.29) is 29.1 Å². The first-order valence-electron chi connectivity index (χ1n) is 8.93. The maximum absolute atomic E-state index is 12.9. The number of carbonyl (C=O) groups excluding carboxylic acids is 2. The third kappa shape index (κ3) is 4.02. The highest BCUT2D eigenvalue weighted by Gasteiger charge is 2.51. The van der Waals surface area contributed by atoms with Gasteiger partial charge in [0.2, 0.25) is 5.91 Å². The van der Waals surface area contributed by atoms with Gasteiger partial charge >= 0.3 is 11.9 Å². The molecule has 30 heavy (non-hydrogen) atoms. The van der Waals surface area contributed by atoms with Crippen molar-refractivity contribution >= 4 is 47.3 Å². The van der Waals surface area contributed by atoms with E-state index < -0.39 is 41.2 Å². The van der Waals surface area contributed by atoms with Gasteiger partial charge in [-0.1, -0.05) is 0 Å². The molecule has 0 aromatic rings. The van der Waals surface area contributed by atoms with Crippen molar-refractivity contribution in [2.24, 2.45) is 5.73 Å². The quantitative estimate of drug-likeness (QED) is 0.288. The molecule has 1 fully saturated rings. The Hall–Kier alpha value is -2.22. The maximum atomic E-state index is 12.9. The van der Waals surface area contributed by atoms with E-state index in [1.165, 1.54) is 23.8 Å². The van der Waals surface area contributed by atoms with Crippen LogP contribution in [0.4, 0.5) is 0 Å². The van der Waals surface area contributed by atoms with Gasteiger partial charge in [0.1, 0.15) is 28.2 Å². The van der Waals surface area contributed by atoms with Gasteiger partial charge in [-0.05, 0) is 18.1 Å². The predicted molar refractivity (Wildman–Crippen MR) is 109 cm³/mol. The number of nitrogens with one attached hydrogen (secondary N) is 2. The molecule has 164 valence electrons. The van der Waals surface area contributed by atoms with Crippen LogP contribution >= 0.6 is 23.5 Å².